The van der Waals surface area contributed by atoms with Crippen molar-refractivity contribution in [2.75, 3.05) is 7.05 Å². The summed E-state index contributed by atoms with van der Waals surface area (Å²) in [6.07, 6.45) is 0. The fourth-order valence-electron chi connectivity index (χ4n) is 1.43. The van der Waals surface area contributed by atoms with Crippen LogP contribution in [-0.4, -0.2) is 12.0 Å². The Labute approximate surface area is 101 Å². The van der Waals surface area contributed by atoms with E-state index in [4.69, 9.17) is 0 Å². The summed E-state index contributed by atoms with van der Waals surface area (Å²) in [5.41, 5.74) is 4.22. The molecular formula is C11H11BrN2S. The van der Waals surface area contributed by atoms with Crippen molar-refractivity contribution in [1.29, 1.82) is 0 Å². The van der Waals surface area contributed by atoms with Crippen LogP contribution >= 0.6 is 27.3 Å². The van der Waals surface area contributed by atoms with Gasteiger partial charge in [-0.15, -0.1) is 11.3 Å². The lowest BCUT2D eigenvalue weighted by Gasteiger charge is -2.02. The van der Waals surface area contributed by atoms with Crippen LogP contribution in [0.3, 0.4) is 0 Å². The molecule has 0 unspecified atom stereocenters. The van der Waals surface area contributed by atoms with Gasteiger partial charge in [0, 0.05) is 11.0 Å². The van der Waals surface area contributed by atoms with Crippen LogP contribution in [0.1, 0.15) is 5.69 Å². The summed E-state index contributed by atoms with van der Waals surface area (Å²) >= 11 is 5.16. The van der Waals surface area contributed by atoms with E-state index < -0.39 is 0 Å². The first-order valence-electron chi connectivity index (χ1n) is 4.64. The lowest BCUT2D eigenvalue weighted by Crippen LogP contribution is -2.06. The van der Waals surface area contributed by atoms with Gasteiger partial charge in [-0.3, -0.25) is 0 Å². The summed E-state index contributed by atoms with van der Waals surface area (Å²) in [5.74, 6) is 0. The average molecular weight is 283 g/mol. The molecule has 0 fully saturated rings. The molecule has 0 aliphatic rings. The molecule has 0 aliphatic carbocycles. The highest BCUT2D eigenvalue weighted by Gasteiger charge is 2.07. The second-order valence-corrected chi connectivity index (χ2v) is 4.94. The SMILES string of the molecule is CNCc1ncsc1-c1cccc(Br)c1. The largest absolute Gasteiger partial charge is 0.314 e. The van der Waals surface area contributed by atoms with Crippen molar-refractivity contribution in [3.63, 3.8) is 0 Å². The first kappa shape index (κ1) is 10.8. The maximum absolute atomic E-state index is 4.35. The third kappa shape index (κ3) is 2.45. The summed E-state index contributed by atoms with van der Waals surface area (Å²) in [4.78, 5) is 5.59. The van der Waals surface area contributed by atoms with Crippen LogP contribution in [0.15, 0.2) is 34.2 Å². The molecule has 1 N–H and O–H groups in total. The number of nitrogens with one attached hydrogen (secondary N) is 1. The van der Waals surface area contributed by atoms with Crippen LogP contribution < -0.4 is 5.32 Å². The zero-order valence-corrected chi connectivity index (χ0v) is 10.7. The second kappa shape index (κ2) is 4.88. The Morgan fingerprint density at radius 1 is 1.47 bits per heavy atom. The summed E-state index contributed by atoms with van der Waals surface area (Å²) in [7, 11) is 1.93. The number of aromatic nitrogens is 1. The zero-order chi connectivity index (χ0) is 10.7. The van der Waals surface area contributed by atoms with Crippen molar-refractivity contribution in [2.45, 2.75) is 6.54 Å². The molecule has 1 heterocycles. The van der Waals surface area contributed by atoms with E-state index in [0.29, 0.717) is 0 Å². The number of nitrogens with zero attached hydrogens (tertiary/aromatic N) is 1. The Bertz CT molecular complexity index is 453. The molecule has 0 bridgehead atoms. The van der Waals surface area contributed by atoms with Crippen molar-refractivity contribution in [3.8, 4) is 10.4 Å². The summed E-state index contributed by atoms with van der Waals surface area (Å²) in [6, 6.07) is 8.30. The number of hydrogen-bond donors (Lipinski definition) is 1. The Hall–Kier alpha value is -0.710. The number of thiazole rings is 1. The van der Waals surface area contributed by atoms with Gasteiger partial charge in [-0.05, 0) is 24.7 Å². The number of hydrogen-bond acceptors (Lipinski definition) is 3. The topological polar surface area (TPSA) is 24.9 Å². The highest BCUT2D eigenvalue weighted by atomic mass is 79.9. The monoisotopic (exact) mass is 282 g/mol. The summed E-state index contributed by atoms with van der Waals surface area (Å²) in [5, 5.41) is 3.13. The summed E-state index contributed by atoms with van der Waals surface area (Å²) < 4.78 is 1.10. The predicted molar refractivity (Wildman–Crippen MR) is 68.0 cm³/mol. The zero-order valence-electron chi connectivity index (χ0n) is 8.33. The fourth-order valence-corrected chi connectivity index (χ4v) is 2.64. The molecule has 0 amide bonds. The minimum absolute atomic E-state index is 0.811. The molecule has 0 spiro atoms. The van der Waals surface area contributed by atoms with Crippen LogP contribution in [0.4, 0.5) is 0 Å². The van der Waals surface area contributed by atoms with Crippen molar-refractivity contribution in [3.05, 3.63) is 39.9 Å². The molecule has 0 saturated carbocycles. The molecule has 15 heavy (non-hydrogen) atoms. The van der Waals surface area contributed by atoms with Gasteiger partial charge in [-0.2, -0.15) is 0 Å². The van der Waals surface area contributed by atoms with E-state index in [1.54, 1.807) is 11.3 Å². The van der Waals surface area contributed by atoms with Crippen molar-refractivity contribution < 1.29 is 0 Å². The van der Waals surface area contributed by atoms with Gasteiger partial charge in [0.15, 0.2) is 0 Å². The first-order chi connectivity index (χ1) is 7.31. The second-order valence-electron chi connectivity index (χ2n) is 3.17. The van der Waals surface area contributed by atoms with Crippen LogP contribution in [0, 0.1) is 0 Å². The molecule has 0 saturated heterocycles. The van der Waals surface area contributed by atoms with Gasteiger partial charge in [0.2, 0.25) is 0 Å². The van der Waals surface area contributed by atoms with Crippen LogP contribution in [0.5, 0.6) is 0 Å². The quantitative estimate of drug-likeness (QED) is 0.935. The molecule has 0 radical (unpaired) electrons. The van der Waals surface area contributed by atoms with Gasteiger partial charge >= 0.3 is 0 Å². The molecular weight excluding hydrogens is 272 g/mol. The van der Waals surface area contributed by atoms with E-state index in [2.05, 4.69) is 38.4 Å². The van der Waals surface area contributed by atoms with E-state index >= 15 is 0 Å². The van der Waals surface area contributed by atoms with E-state index in [-0.39, 0.29) is 0 Å². The third-order valence-electron chi connectivity index (χ3n) is 2.07. The van der Waals surface area contributed by atoms with Crippen molar-refractivity contribution in [1.82, 2.24) is 10.3 Å². The Morgan fingerprint density at radius 3 is 3.07 bits per heavy atom. The van der Waals surface area contributed by atoms with Gasteiger partial charge in [-0.25, -0.2) is 4.98 Å². The van der Waals surface area contributed by atoms with Crippen molar-refractivity contribution >= 4 is 27.3 Å². The predicted octanol–water partition coefficient (Wildman–Crippen LogP) is 3.29. The van der Waals surface area contributed by atoms with E-state index in [9.17, 15) is 0 Å². The molecule has 2 nitrogen and oxygen atoms in total. The minimum Gasteiger partial charge on any atom is -0.314 e. The third-order valence-corrected chi connectivity index (χ3v) is 3.48. The van der Waals surface area contributed by atoms with Gasteiger partial charge in [0.05, 0.1) is 16.1 Å². The van der Waals surface area contributed by atoms with Gasteiger partial charge < -0.3 is 5.32 Å². The number of benzene rings is 1. The number of rotatable bonds is 3. The fraction of sp³-hybridized carbons (Fsp3) is 0.182. The standard InChI is InChI=1S/C11H11BrN2S/c1-13-6-10-11(15-7-14-10)8-3-2-4-9(12)5-8/h2-5,7,13H,6H2,1H3. The Morgan fingerprint density at radius 2 is 2.33 bits per heavy atom. The highest BCUT2D eigenvalue weighted by Crippen LogP contribution is 2.29. The summed E-state index contributed by atoms with van der Waals surface area (Å²) in [6.45, 7) is 0.811. The molecule has 4 heteroatoms. The minimum atomic E-state index is 0.811. The smallest absolute Gasteiger partial charge is 0.0802 e. The lowest BCUT2D eigenvalue weighted by molar-refractivity contribution is 0.799. The Kier molecular flexibility index (Phi) is 3.51. The molecule has 2 aromatic rings. The molecule has 78 valence electrons. The van der Waals surface area contributed by atoms with Gasteiger partial charge in [0.1, 0.15) is 0 Å². The van der Waals surface area contributed by atoms with Crippen molar-refractivity contribution in [2.24, 2.45) is 0 Å². The van der Waals surface area contributed by atoms with E-state index in [1.807, 2.05) is 24.7 Å². The Balaban J connectivity index is 2.40. The van der Waals surface area contributed by atoms with Crippen LogP contribution in [0.25, 0.3) is 10.4 Å². The maximum Gasteiger partial charge on any atom is 0.0802 e. The molecule has 1 aromatic carbocycles. The normalized spacial score (nSPS) is 10.5. The number of halogens is 1. The van der Waals surface area contributed by atoms with E-state index in [1.165, 1.54) is 10.4 Å². The van der Waals surface area contributed by atoms with Crippen LogP contribution in [0.2, 0.25) is 0 Å². The first-order valence-corrected chi connectivity index (χ1v) is 6.31. The van der Waals surface area contributed by atoms with E-state index in [0.717, 1.165) is 16.7 Å². The average Bonchev–Trinajstić information content (AvgIpc) is 2.66. The molecule has 0 atom stereocenters. The maximum atomic E-state index is 4.35. The molecule has 2 rings (SSSR count). The highest BCUT2D eigenvalue weighted by molar-refractivity contribution is 9.10. The molecule has 0 aliphatic heterocycles. The van der Waals surface area contributed by atoms with Crippen LogP contribution in [-0.2, 0) is 6.54 Å². The van der Waals surface area contributed by atoms with Gasteiger partial charge in [-0.1, -0.05) is 28.1 Å². The lowest BCUT2D eigenvalue weighted by atomic mass is 10.1. The van der Waals surface area contributed by atoms with Gasteiger partial charge in [0.25, 0.3) is 0 Å². The molecule has 1 aromatic heterocycles.